The third kappa shape index (κ3) is 3.43. The van der Waals surface area contributed by atoms with Crippen molar-refractivity contribution in [1.82, 2.24) is 4.90 Å². The number of amides is 2. The molecule has 1 heterocycles. The van der Waals surface area contributed by atoms with Crippen molar-refractivity contribution in [2.45, 2.75) is 58.8 Å². The maximum absolute atomic E-state index is 12.2. The van der Waals surface area contributed by atoms with Gasteiger partial charge in [0.15, 0.2) is 5.78 Å². The molecule has 0 spiro atoms. The van der Waals surface area contributed by atoms with Crippen molar-refractivity contribution in [3.63, 3.8) is 0 Å². The van der Waals surface area contributed by atoms with Gasteiger partial charge in [-0.3, -0.25) is 19.3 Å². The molecule has 0 unspecified atom stereocenters. The second-order valence-corrected chi connectivity index (χ2v) is 6.69. The van der Waals surface area contributed by atoms with E-state index in [0.29, 0.717) is 12.8 Å². The van der Waals surface area contributed by atoms with Gasteiger partial charge >= 0.3 is 0 Å². The number of nitrogens with zero attached hydrogens (tertiary/aromatic N) is 1. The molecule has 1 saturated heterocycles. The number of carbonyl (C=O) groups excluding carboxylic acids is 3. The Hall–Kier alpha value is -1.19. The highest BCUT2D eigenvalue weighted by molar-refractivity contribution is 6.02. The number of piperidine rings is 1. The van der Waals surface area contributed by atoms with Crippen LogP contribution in [-0.2, 0) is 14.4 Å². The molecule has 2 amide bonds. The van der Waals surface area contributed by atoms with Crippen LogP contribution < -0.4 is 0 Å². The summed E-state index contributed by atoms with van der Waals surface area (Å²) < 4.78 is 0. The van der Waals surface area contributed by atoms with Crippen molar-refractivity contribution >= 4 is 17.6 Å². The van der Waals surface area contributed by atoms with E-state index in [4.69, 9.17) is 0 Å². The quantitative estimate of drug-likeness (QED) is 0.736. The van der Waals surface area contributed by atoms with E-state index >= 15 is 0 Å². The molecule has 0 aromatic heterocycles. The van der Waals surface area contributed by atoms with E-state index in [1.807, 2.05) is 13.8 Å². The lowest BCUT2D eigenvalue weighted by Crippen LogP contribution is -2.49. The summed E-state index contributed by atoms with van der Waals surface area (Å²) in [6.45, 7) is 3.84. The maximum Gasteiger partial charge on any atom is 0.230 e. The van der Waals surface area contributed by atoms with E-state index in [-0.39, 0.29) is 35.5 Å². The Morgan fingerprint density at radius 2 is 1.63 bits per heavy atom. The van der Waals surface area contributed by atoms with Crippen molar-refractivity contribution in [2.24, 2.45) is 11.3 Å². The predicted molar refractivity (Wildman–Crippen MR) is 71.3 cm³/mol. The smallest absolute Gasteiger partial charge is 0.230 e. The molecule has 2 fully saturated rings. The largest absolute Gasteiger partial charge is 0.297 e. The van der Waals surface area contributed by atoms with Gasteiger partial charge in [0.05, 0.1) is 6.54 Å². The van der Waals surface area contributed by atoms with Gasteiger partial charge in [-0.1, -0.05) is 33.1 Å². The highest BCUT2D eigenvalue weighted by Gasteiger charge is 2.38. The van der Waals surface area contributed by atoms with E-state index in [1.54, 1.807) is 0 Å². The second-order valence-electron chi connectivity index (χ2n) is 6.69. The highest BCUT2D eigenvalue weighted by atomic mass is 16.2. The molecule has 1 aliphatic carbocycles. The fourth-order valence-electron chi connectivity index (χ4n) is 3.10. The summed E-state index contributed by atoms with van der Waals surface area (Å²) >= 11 is 0. The lowest BCUT2D eigenvalue weighted by Gasteiger charge is -2.35. The standard InChI is InChI=1S/C15H23NO3/c1-15(2)8-13(18)16(14(19)9-15)10-12(17)11-6-4-3-5-7-11/h11H,3-10H2,1-2H3. The zero-order valence-corrected chi connectivity index (χ0v) is 11.9. The van der Waals surface area contributed by atoms with E-state index in [2.05, 4.69) is 0 Å². The normalized spacial score (nSPS) is 24.6. The summed E-state index contributed by atoms with van der Waals surface area (Å²) in [4.78, 5) is 37.3. The number of hydrogen-bond donors (Lipinski definition) is 0. The molecule has 19 heavy (non-hydrogen) atoms. The minimum absolute atomic E-state index is 0.00157. The van der Waals surface area contributed by atoms with E-state index < -0.39 is 0 Å². The zero-order chi connectivity index (χ0) is 14.0. The Balaban J connectivity index is 1.96. The molecule has 106 valence electrons. The third-order valence-electron chi connectivity index (χ3n) is 4.24. The van der Waals surface area contributed by atoms with E-state index in [1.165, 1.54) is 11.3 Å². The molecule has 0 aromatic rings. The second kappa shape index (κ2) is 5.43. The van der Waals surface area contributed by atoms with Crippen LogP contribution in [0.3, 0.4) is 0 Å². The van der Waals surface area contributed by atoms with Crippen LogP contribution in [0.2, 0.25) is 0 Å². The summed E-state index contributed by atoms with van der Waals surface area (Å²) in [6.07, 6.45) is 5.92. The number of rotatable bonds is 3. The Bertz CT molecular complexity index is 374. The first-order valence-electron chi connectivity index (χ1n) is 7.25. The Morgan fingerprint density at radius 1 is 1.11 bits per heavy atom. The molecule has 2 aliphatic rings. The first kappa shape index (κ1) is 14.2. The molecule has 0 atom stereocenters. The van der Waals surface area contributed by atoms with Crippen molar-refractivity contribution in [3.05, 3.63) is 0 Å². The summed E-state index contributed by atoms with van der Waals surface area (Å²) in [5, 5.41) is 0. The number of likely N-dealkylation sites (tertiary alicyclic amines) is 1. The van der Waals surface area contributed by atoms with Crippen molar-refractivity contribution in [2.75, 3.05) is 6.54 Å². The average molecular weight is 265 g/mol. The molecule has 2 rings (SSSR count). The minimum Gasteiger partial charge on any atom is -0.297 e. The molecular weight excluding hydrogens is 242 g/mol. The van der Waals surface area contributed by atoms with Gasteiger partial charge in [0.2, 0.25) is 11.8 Å². The van der Waals surface area contributed by atoms with Gasteiger partial charge in [-0.15, -0.1) is 0 Å². The summed E-state index contributed by atoms with van der Waals surface area (Å²) in [5.74, 6) is -0.249. The first-order chi connectivity index (χ1) is 8.89. The number of ketones is 1. The van der Waals surface area contributed by atoms with Crippen LogP contribution >= 0.6 is 0 Å². The summed E-state index contributed by atoms with van der Waals surface area (Å²) in [7, 11) is 0. The molecule has 0 radical (unpaired) electrons. The lowest BCUT2D eigenvalue weighted by atomic mass is 9.81. The van der Waals surface area contributed by atoms with Crippen LogP contribution in [0.1, 0.15) is 58.8 Å². The highest BCUT2D eigenvalue weighted by Crippen LogP contribution is 2.32. The van der Waals surface area contributed by atoms with Gasteiger partial charge in [-0.2, -0.15) is 0 Å². The van der Waals surface area contributed by atoms with Gasteiger partial charge in [0, 0.05) is 18.8 Å². The molecular formula is C15H23NO3. The van der Waals surface area contributed by atoms with Crippen LogP contribution in [0.4, 0.5) is 0 Å². The molecule has 1 saturated carbocycles. The van der Waals surface area contributed by atoms with E-state index in [0.717, 1.165) is 25.7 Å². The van der Waals surface area contributed by atoms with Gasteiger partial charge in [0.1, 0.15) is 0 Å². The molecule has 0 aromatic carbocycles. The van der Waals surface area contributed by atoms with Crippen LogP contribution in [0.5, 0.6) is 0 Å². The topological polar surface area (TPSA) is 54.5 Å². The third-order valence-corrected chi connectivity index (χ3v) is 4.24. The molecule has 4 nitrogen and oxygen atoms in total. The average Bonchev–Trinajstić information content (AvgIpc) is 2.33. The van der Waals surface area contributed by atoms with Crippen LogP contribution in [-0.4, -0.2) is 29.0 Å². The Morgan fingerprint density at radius 3 is 2.16 bits per heavy atom. The minimum atomic E-state index is -0.265. The Labute approximate surface area is 114 Å². The molecule has 1 aliphatic heterocycles. The number of imide groups is 1. The predicted octanol–water partition coefficient (Wildman–Crippen LogP) is 2.31. The number of carbonyl (C=O) groups is 3. The van der Waals surface area contributed by atoms with Gasteiger partial charge < -0.3 is 0 Å². The van der Waals surface area contributed by atoms with Crippen LogP contribution in [0.15, 0.2) is 0 Å². The summed E-state index contributed by atoms with van der Waals surface area (Å²) in [6, 6.07) is 0. The first-order valence-corrected chi connectivity index (χ1v) is 7.25. The lowest BCUT2D eigenvalue weighted by molar-refractivity contribution is -0.155. The fourth-order valence-corrected chi connectivity index (χ4v) is 3.10. The molecule has 0 bridgehead atoms. The van der Waals surface area contributed by atoms with Crippen molar-refractivity contribution in [3.8, 4) is 0 Å². The number of hydrogen-bond acceptors (Lipinski definition) is 3. The molecule has 4 heteroatoms. The monoisotopic (exact) mass is 265 g/mol. The van der Waals surface area contributed by atoms with Crippen molar-refractivity contribution in [1.29, 1.82) is 0 Å². The van der Waals surface area contributed by atoms with Gasteiger partial charge in [-0.05, 0) is 18.3 Å². The Kier molecular flexibility index (Phi) is 4.07. The maximum atomic E-state index is 12.2. The fraction of sp³-hybridized carbons (Fsp3) is 0.800. The number of Topliss-reactive ketones (excluding diaryl/α,β-unsaturated/α-hetero) is 1. The molecule has 0 N–H and O–H groups in total. The van der Waals surface area contributed by atoms with Crippen LogP contribution in [0.25, 0.3) is 0 Å². The summed E-state index contributed by atoms with van der Waals surface area (Å²) in [5.41, 5.74) is -0.265. The van der Waals surface area contributed by atoms with Gasteiger partial charge in [0.25, 0.3) is 0 Å². The zero-order valence-electron chi connectivity index (χ0n) is 11.9. The van der Waals surface area contributed by atoms with Crippen molar-refractivity contribution < 1.29 is 14.4 Å². The SMILES string of the molecule is CC1(C)CC(=O)N(CC(=O)C2CCCCC2)C(=O)C1. The van der Waals surface area contributed by atoms with E-state index in [9.17, 15) is 14.4 Å². The van der Waals surface area contributed by atoms with Crippen LogP contribution in [0, 0.1) is 11.3 Å². The van der Waals surface area contributed by atoms with Gasteiger partial charge in [-0.25, -0.2) is 0 Å².